The summed E-state index contributed by atoms with van der Waals surface area (Å²) >= 11 is 1.81. The Bertz CT molecular complexity index is 770. The molecule has 158 valence electrons. The van der Waals surface area contributed by atoms with Gasteiger partial charge in [0.1, 0.15) is 0 Å². The van der Waals surface area contributed by atoms with E-state index in [0.29, 0.717) is 5.92 Å². The summed E-state index contributed by atoms with van der Waals surface area (Å²) in [6.07, 6.45) is 20.2. The molecule has 4 rings (SSSR count). The molecule has 2 radical (unpaired) electrons. The average Bonchev–Trinajstić information content (AvgIpc) is 3.41. The molecule has 0 saturated carbocycles. The van der Waals surface area contributed by atoms with Gasteiger partial charge >= 0.3 is 26.8 Å². The molecule has 0 bridgehead atoms. The summed E-state index contributed by atoms with van der Waals surface area (Å²) in [6.45, 7) is 16.4. The average molecular weight is 447 g/mol. The van der Waals surface area contributed by atoms with Crippen LogP contribution in [0.4, 0.5) is 0 Å². The van der Waals surface area contributed by atoms with Gasteiger partial charge in [-0.15, -0.1) is 31.9 Å². The second kappa shape index (κ2) is 17.2. The van der Waals surface area contributed by atoms with Gasteiger partial charge in [0.15, 0.2) is 0 Å². The van der Waals surface area contributed by atoms with Gasteiger partial charge in [0, 0.05) is 0 Å². The summed E-state index contributed by atoms with van der Waals surface area (Å²) < 4.78 is 0. The van der Waals surface area contributed by atoms with Crippen LogP contribution < -0.4 is 0 Å². The fourth-order valence-electron chi connectivity index (χ4n) is 2.73. The second-order valence-electron chi connectivity index (χ2n) is 7.55. The van der Waals surface area contributed by atoms with Crippen molar-refractivity contribution in [2.45, 2.75) is 54.4 Å². The summed E-state index contributed by atoms with van der Waals surface area (Å²) in [5, 5.41) is 0. The first kappa shape index (κ1) is 28.5. The maximum atomic E-state index is 3.72. The minimum absolute atomic E-state index is 0.556. The van der Waals surface area contributed by atoms with Crippen molar-refractivity contribution >= 4 is 7.63 Å². The fourth-order valence-corrected chi connectivity index (χ4v) is 2.73. The van der Waals surface area contributed by atoms with Crippen molar-refractivity contribution in [2.75, 3.05) is 0 Å². The molecule has 1 unspecified atom stereocenters. The molecule has 0 nitrogen and oxygen atoms in total. The van der Waals surface area contributed by atoms with E-state index in [1.807, 2.05) is 36.4 Å². The Hall–Kier alpha value is -1.54. The van der Waals surface area contributed by atoms with Crippen molar-refractivity contribution in [3.63, 3.8) is 0 Å². The van der Waals surface area contributed by atoms with Crippen LogP contribution in [-0.4, -0.2) is 7.63 Å². The zero-order valence-electron chi connectivity index (χ0n) is 19.4. The zero-order valence-corrected chi connectivity index (χ0v) is 22.0. The molecule has 3 aliphatic carbocycles. The van der Waals surface area contributed by atoms with Crippen LogP contribution >= 0.6 is 0 Å². The van der Waals surface area contributed by atoms with E-state index < -0.39 is 0 Å². The third-order valence-electron chi connectivity index (χ3n) is 4.15. The van der Waals surface area contributed by atoms with Gasteiger partial charge < -0.3 is 0 Å². The van der Waals surface area contributed by atoms with Crippen molar-refractivity contribution in [3.8, 4) is 0 Å². The number of hydrogen-bond acceptors (Lipinski definition) is 0. The molecule has 0 aromatic heterocycles. The van der Waals surface area contributed by atoms with Gasteiger partial charge in [0.25, 0.3) is 0 Å². The number of allylic oxidation sites excluding steroid dienone is 12. The van der Waals surface area contributed by atoms with Gasteiger partial charge in [-0.2, -0.15) is 41.8 Å². The molecular weight excluding hydrogens is 412 g/mol. The molecule has 0 aliphatic heterocycles. The Morgan fingerprint density at radius 1 is 0.867 bits per heavy atom. The van der Waals surface area contributed by atoms with Crippen molar-refractivity contribution in [1.29, 1.82) is 0 Å². The standard InChI is InChI=1S/3C7H9.C7H7.Si.Ti/c3*1-6-3-4-7(2)5-6;1-7-5-3-2-4-6-7;;/h2*5H,3H2,1-2H3;3,5,7H,1-2H3;2-6H,1H2;;/q4*-1;;. The van der Waals surface area contributed by atoms with Gasteiger partial charge in [0.2, 0.25) is 0 Å². The summed E-state index contributed by atoms with van der Waals surface area (Å²) in [7, 11) is 2.97. The molecule has 3 aliphatic rings. The Labute approximate surface area is 199 Å². The van der Waals surface area contributed by atoms with Crippen LogP contribution in [0.5, 0.6) is 0 Å². The van der Waals surface area contributed by atoms with Crippen molar-refractivity contribution in [2.24, 2.45) is 5.92 Å². The van der Waals surface area contributed by atoms with Gasteiger partial charge in [-0.3, -0.25) is 18.2 Å². The third kappa shape index (κ3) is 15.3. The van der Waals surface area contributed by atoms with Crippen molar-refractivity contribution < 1.29 is 19.2 Å². The quantitative estimate of drug-likeness (QED) is 0.284. The topological polar surface area (TPSA) is 0 Å². The van der Waals surface area contributed by atoms with Crippen LogP contribution in [0.15, 0.2) is 82.5 Å². The molecular formula is C28H34SiTi-4. The summed E-state index contributed by atoms with van der Waals surface area (Å²) in [5.41, 5.74) is 7.85. The third-order valence-corrected chi connectivity index (χ3v) is 4.15. The molecule has 0 saturated heterocycles. The first-order valence-corrected chi connectivity index (χ1v) is 13.0. The molecule has 1 atom stereocenters. The fraction of sp³-hybridized carbons (Fsp3) is 0.321. The maximum absolute atomic E-state index is 3.72. The predicted molar refractivity (Wildman–Crippen MR) is 129 cm³/mol. The minimum atomic E-state index is 0.556. The zero-order chi connectivity index (χ0) is 22.9. The van der Waals surface area contributed by atoms with E-state index >= 15 is 0 Å². The molecule has 0 N–H and O–H groups in total. The predicted octanol–water partition coefficient (Wildman–Crippen LogP) is 7.60. The van der Waals surface area contributed by atoms with E-state index in [0.717, 1.165) is 18.4 Å². The van der Waals surface area contributed by atoms with E-state index in [1.165, 1.54) is 27.9 Å². The summed E-state index contributed by atoms with van der Waals surface area (Å²) in [4.78, 5) is 0. The summed E-state index contributed by atoms with van der Waals surface area (Å²) in [5.74, 6) is 0.556. The SMILES string of the molecule is CC1=CC(C)[C-]=C1.CC1=[C-]CC(C)=C1.CC1=[C-]CC(C)=C1.[CH2-]c1ccccc1.[Si]=[Ti]. The molecule has 1 aromatic carbocycles. The van der Waals surface area contributed by atoms with Crippen LogP contribution in [0, 0.1) is 31.1 Å². The number of hydrogen-bond donors (Lipinski definition) is 0. The molecule has 0 amide bonds. The number of benzene rings is 1. The second-order valence-corrected chi connectivity index (χ2v) is 7.55. The molecule has 0 fully saturated rings. The molecule has 30 heavy (non-hydrogen) atoms. The molecule has 0 spiro atoms. The monoisotopic (exact) mass is 446 g/mol. The van der Waals surface area contributed by atoms with Crippen LogP contribution in [0.2, 0.25) is 0 Å². The molecule has 2 heteroatoms. The Balaban J connectivity index is 0.000000363. The Kier molecular flexibility index (Phi) is 16.3. The first-order valence-electron chi connectivity index (χ1n) is 10.1. The van der Waals surface area contributed by atoms with Crippen LogP contribution in [0.25, 0.3) is 0 Å². The van der Waals surface area contributed by atoms with E-state index in [9.17, 15) is 0 Å². The van der Waals surface area contributed by atoms with E-state index in [4.69, 9.17) is 0 Å². The van der Waals surface area contributed by atoms with Gasteiger partial charge in [-0.25, -0.2) is 34.9 Å². The van der Waals surface area contributed by atoms with E-state index in [1.54, 1.807) is 19.2 Å². The van der Waals surface area contributed by atoms with E-state index in [2.05, 4.69) is 92.6 Å². The van der Waals surface area contributed by atoms with Crippen molar-refractivity contribution in [1.82, 2.24) is 0 Å². The van der Waals surface area contributed by atoms with Crippen LogP contribution in [0.1, 0.15) is 59.9 Å². The van der Waals surface area contributed by atoms with Gasteiger partial charge in [-0.1, -0.05) is 46.6 Å². The normalized spacial score (nSPS) is 17.6. The first-order chi connectivity index (χ1) is 14.3. The summed E-state index contributed by atoms with van der Waals surface area (Å²) in [6, 6.07) is 9.87. The van der Waals surface area contributed by atoms with Crippen LogP contribution in [0.3, 0.4) is 0 Å². The van der Waals surface area contributed by atoms with E-state index in [-0.39, 0.29) is 0 Å². The number of rotatable bonds is 0. The molecule has 1 aromatic rings. The van der Waals surface area contributed by atoms with Gasteiger partial charge in [0.05, 0.1) is 0 Å². The van der Waals surface area contributed by atoms with Gasteiger partial charge in [-0.05, 0) is 0 Å². The Morgan fingerprint density at radius 3 is 1.47 bits per heavy atom. The van der Waals surface area contributed by atoms with Crippen LogP contribution in [-0.2, 0) is 19.2 Å². The Morgan fingerprint density at radius 2 is 1.33 bits per heavy atom. The molecule has 0 heterocycles. The van der Waals surface area contributed by atoms with Crippen molar-refractivity contribution in [3.05, 3.63) is 113 Å².